The molecule has 3 atom stereocenters. The first-order valence-electron chi connectivity index (χ1n) is 3.62. The number of aliphatic hydroxyl groups is 1. The van der Waals surface area contributed by atoms with Gasteiger partial charge in [-0.15, -0.1) is 0 Å². The van der Waals surface area contributed by atoms with Gasteiger partial charge in [0.05, 0.1) is 6.10 Å². The van der Waals surface area contributed by atoms with E-state index in [4.69, 9.17) is 27.0 Å². The standard InChI is InChI=1S/C6H17N3O2/c1-4(10)6(9)11-5(8)2-3-7/h4-6,10H,2-3,7-9H2,1H3. The molecule has 0 aliphatic rings. The second kappa shape index (κ2) is 5.45. The summed E-state index contributed by atoms with van der Waals surface area (Å²) in [6.07, 6.45) is -1.37. The van der Waals surface area contributed by atoms with E-state index in [1.54, 1.807) is 6.92 Å². The monoisotopic (exact) mass is 163 g/mol. The van der Waals surface area contributed by atoms with Crippen molar-refractivity contribution in [1.82, 2.24) is 0 Å². The third-order valence-corrected chi connectivity index (χ3v) is 1.26. The van der Waals surface area contributed by atoms with Crippen molar-refractivity contribution >= 4 is 0 Å². The highest BCUT2D eigenvalue weighted by atomic mass is 16.5. The van der Waals surface area contributed by atoms with Gasteiger partial charge in [0.2, 0.25) is 0 Å². The van der Waals surface area contributed by atoms with E-state index in [-0.39, 0.29) is 0 Å². The molecule has 5 nitrogen and oxygen atoms in total. The van der Waals surface area contributed by atoms with Crippen LogP contribution in [0.25, 0.3) is 0 Å². The van der Waals surface area contributed by atoms with Crippen LogP contribution in [0.15, 0.2) is 0 Å². The van der Waals surface area contributed by atoms with Gasteiger partial charge in [0.25, 0.3) is 0 Å². The summed E-state index contributed by atoms with van der Waals surface area (Å²) in [5.41, 5.74) is 16.0. The zero-order valence-corrected chi connectivity index (χ0v) is 6.73. The lowest BCUT2D eigenvalue weighted by Gasteiger charge is -2.20. The number of rotatable bonds is 5. The van der Waals surface area contributed by atoms with Crippen LogP contribution >= 0.6 is 0 Å². The molecule has 68 valence electrons. The number of ether oxygens (including phenoxy) is 1. The number of aliphatic hydroxyl groups excluding tert-OH is 1. The van der Waals surface area contributed by atoms with Crippen molar-refractivity contribution in [3.63, 3.8) is 0 Å². The topological polar surface area (TPSA) is 108 Å². The van der Waals surface area contributed by atoms with E-state index in [1.165, 1.54) is 0 Å². The van der Waals surface area contributed by atoms with Gasteiger partial charge in [0.15, 0.2) is 0 Å². The number of hydrogen-bond donors (Lipinski definition) is 4. The van der Waals surface area contributed by atoms with E-state index >= 15 is 0 Å². The van der Waals surface area contributed by atoms with Gasteiger partial charge in [-0.3, -0.25) is 0 Å². The van der Waals surface area contributed by atoms with Crippen LogP contribution in [-0.2, 0) is 4.74 Å². The van der Waals surface area contributed by atoms with Crippen LogP contribution < -0.4 is 17.2 Å². The summed E-state index contributed by atoms with van der Waals surface area (Å²) in [6.45, 7) is 1.99. The maximum absolute atomic E-state index is 8.90. The van der Waals surface area contributed by atoms with E-state index < -0.39 is 18.6 Å². The van der Waals surface area contributed by atoms with Crippen LogP contribution in [0.5, 0.6) is 0 Å². The Balaban J connectivity index is 3.48. The highest BCUT2D eigenvalue weighted by molar-refractivity contribution is 4.58. The molecule has 0 saturated heterocycles. The SMILES string of the molecule is CC(O)C(N)OC(N)CCN. The predicted molar refractivity (Wildman–Crippen MR) is 42.4 cm³/mol. The van der Waals surface area contributed by atoms with Crippen LogP contribution in [0.1, 0.15) is 13.3 Å². The molecule has 0 aromatic heterocycles. The van der Waals surface area contributed by atoms with Crippen LogP contribution in [-0.4, -0.2) is 30.2 Å². The maximum atomic E-state index is 8.90. The molecule has 0 fully saturated rings. The number of nitrogens with two attached hydrogens (primary N) is 3. The average molecular weight is 163 g/mol. The Bertz CT molecular complexity index is 99.8. The lowest BCUT2D eigenvalue weighted by molar-refractivity contribution is -0.0668. The molecule has 7 N–H and O–H groups in total. The summed E-state index contributed by atoms with van der Waals surface area (Å²) in [4.78, 5) is 0. The van der Waals surface area contributed by atoms with Crippen molar-refractivity contribution in [1.29, 1.82) is 0 Å². The molecule has 0 heterocycles. The van der Waals surface area contributed by atoms with Crippen LogP contribution in [0, 0.1) is 0 Å². The molecule has 11 heavy (non-hydrogen) atoms. The molecule has 3 unspecified atom stereocenters. The van der Waals surface area contributed by atoms with Crippen LogP contribution in [0.3, 0.4) is 0 Å². The Hall–Kier alpha value is -0.200. The van der Waals surface area contributed by atoms with Crippen molar-refractivity contribution in [3.8, 4) is 0 Å². The lowest BCUT2D eigenvalue weighted by atomic mass is 10.3. The second-order valence-corrected chi connectivity index (χ2v) is 2.46. The van der Waals surface area contributed by atoms with Crippen molar-refractivity contribution in [2.24, 2.45) is 17.2 Å². The fourth-order valence-corrected chi connectivity index (χ4v) is 0.548. The summed E-state index contributed by atoms with van der Waals surface area (Å²) >= 11 is 0. The van der Waals surface area contributed by atoms with Crippen LogP contribution in [0.4, 0.5) is 0 Å². The largest absolute Gasteiger partial charge is 0.389 e. The van der Waals surface area contributed by atoms with Crippen LogP contribution in [0.2, 0.25) is 0 Å². The maximum Gasteiger partial charge on any atom is 0.133 e. The zero-order chi connectivity index (χ0) is 8.85. The van der Waals surface area contributed by atoms with Gasteiger partial charge in [-0.25, -0.2) is 0 Å². The minimum absolute atomic E-state index is 0.452. The van der Waals surface area contributed by atoms with Gasteiger partial charge in [0, 0.05) is 0 Å². The summed E-state index contributed by atoms with van der Waals surface area (Å²) in [5, 5.41) is 8.90. The first-order valence-corrected chi connectivity index (χ1v) is 3.62. The Kier molecular flexibility index (Phi) is 5.35. The third-order valence-electron chi connectivity index (χ3n) is 1.26. The highest BCUT2D eigenvalue weighted by Crippen LogP contribution is 1.96. The van der Waals surface area contributed by atoms with Crippen molar-refractivity contribution in [2.75, 3.05) is 6.54 Å². The second-order valence-electron chi connectivity index (χ2n) is 2.46. The molecule has 0 aromatic rings. The molecule has 0 bridgehead atoms. The zero-order valence-electron chi connectivity index (χ0n) is 6.73. The van der Waals surface area contributed by atoms with Gasteiger partial charge in [-0.1, -0.05) is 0 Å². The molecule has 0 amide bonds. The fourth-order valence-electron chi connectivity index (χ4n) is 0.548. The molecule has 0 spiro atoms. The fraction of sp³-hybridized carbons (Fsp3) is 1.00. The van der Waals surface area contributed by atoms with E-state index in [1.807, 2.05) is 0 Å². The summed E-state index contributed by atoms with van der Waals surface area (Å²) < 4.78 is 4.98. The molecule has 5 heteroatoms. The Morgan fingerprint density at radius 3 is 2.36 bits per heavy atom. The van der Waals surface area contributed by atoms with Crippen molar-refractivity contribution in [3.05, 3.63) is 0 Å². The minimum atomic E-state index is -0.725. The number of hydrogen-bond acceptors (Lipinski definition) is 5. The smallest absolute Gasteiger partial charge is 0.133 e. The molecule has 0 rings (SSSR count). The first-order chi connectivity index (χ1) is 5.07. The molecular weight excluding hydrogens is 146 g/mol. The van der Waals surface area contributed by atoms with E-state index in [9.17, 15) is 0 Å². The van der Waals surface area contributed by atoms with Gasteiger partial charge in [-0.2, -0.15) is 0 Å². The third kappa shape index (κ3) is 5.11. The minimum Gasteiger partial charge on any atom is -0.389 e. The molecule has 0 aliphatic heterocycles. The van der Waals surface area contributed by atoms with Crippen molar-refractivity contribution in [2.45, 2.75) is 31.9 Å². The Morgan fingerprint density at radius 2 is 2.00 bits per heavy atom. The highest BCUT2D eigenvalue weighted by Gasteiger charge is 2.12. The molecule has 0 radical (unpaired) electrons. The average Bonchev–Trinajstić information content (AvgIpc) is 1.87. The summed E-state index contributed by atoms with van der Waals surface area (Å²) in [6, 6.07) is 0. The van der Waals surface area contributed by atoms with Gasteiger partial charge in [0.1, 0.15) is 12.5 Å². The Morgan fingerprint density at radius 1 is 1.45 bits per heavy atom. The van der Waals surface area contributed by atoms with Gasteiger partial charge in [-0.05, 0) is 19.9 Å². The van der Waals surface area contributed by atoms with Gasteiger partial charge < -0.3 is 27.0 Å². The van der Waals surface area contributed by atoms with Gasteiger partial charge >= 0.3 is 0 Å². The molecule has 0 saturated carbocycles. The Labute approximate surface area is 66.5 Å². The van der Waals surface area contributed by atoms with E-state index in [0.717, 1.165) is 0 Å². The van der Waals surface area contributed by atoms with E-state index in [0.29, 0.717) is 13.0 Å². The summed E-state index contributed by atoms with van der Waals surface area (Å²) in [7, 11) is 0. The van der Waals surface area contributed by atoms with E-state index in [2.05, 4.69) is 0 Å². The molecular formula is C6H17N3O2. The summed E-state index contributed by atoms with van der Waals surface area (Å²) in [5.74, 6) is 0. The predicted octanol–water partition coefficient (Wildman–Crippen LogP) is -1.70. The molecule has 0 aliphatic carbocycles. The molecule has 0 aromatic carbocycles. The quantitative estimate of drug-likeness (QED) is 0.361. The lowest BCUT2D eigenvalue weighted by Crippen LogP contribution is -2.42. The normalized spacial score (nSPS) is 19.4. The first kappa shape index (κ1) is 10.8. The van der Waals surface area contributed by atoms with Crippen molar-refractivity contribution < 1.29 is 9.84 Å².